The first-order valence-electron chi connectivity index (χ1n) is 7.55. The van der Waals surface area contributed by atoms with Crippen molar-refractivity contribution in [2.45, 2.75) is 52.4 Å². The zero-order valence-corrected chi connectivity index (χ0v) is 14.1. The highest BCUT2D eigenvalue weighted by Gasteiger charge is 2.22. The van der Waals surface area contributed by atoms with Gasteiger partial charge < -0.3 is 0 Å². The van der Waals surface area contributed by atoms with E-state index in [1.54, 1.807) is 22.7 Å². The highest BCUT2D eigenvalue weighted by Crippen LogP contribution is 2.31. The molecule has 0 saturated heterocycles. The number of Topliss-reactive ketones (excluding diaryl/α,β-unsaturated/α-hetero) is 1. The van der Waals surface area contributed by atoms with Gasteiger partial charge in [0.05, 0.1) is 27.7 Å². The highest BCUT2D eigenvalue weighted by atomic mass is 32.1. The molecule has 0 radical (unpaired) electrons. The number of aromatic nitrogens is 2. The lowest BCUT2D eigenvalue weighted by molar-refractivity contribution is -0.123. The first-order chi connectivity index (χ1) is 10.1. The Hall–Kier alpha value is -1.07. The number of ketones is 1. The third kappa shape index (κ3) is 3.40. The normalized spacial score (nSPS) is 16.3. The van der Waals surface area contributed by atoms with Crippen LogP contribution in [0.5, 0.6) is 0 Å². The molecule has 1 saturated carbocycles. The minimum absolute atomic E-state index is 0.276. The minimum Gasteiger partial charge on any atom is -0.299 e. The average Bonchev–Trinajstić information content (AvgIpc) is 3.06. The van der Waals surface area contributed by atoms with Gasteiger partial charge in [0, 0.05) is 11.3 Å². The van der Waals surface area contributed by atoms with Crippen LogP contribution in [0.1, 0.15) is 47.8 Å². The second-order valence-electron chi connectivity index (χ2n) is 5.75. The van der Waals surface area contributed by atoms with Crippen molar-refractivity contribution in [3.05, 3.63) is 21.1 Å². The third-order valence-corrected chi connectivity index (χ3v) is 6.02. The third-order valence-electron chi connectivity index (χ3n) is 4.07. The smallest absolute Gasteiger partial charge is 0.142 e. The van der Waals surface area contributed by atoms with Gasteiger partial charge in [0.15, 0.2) is 0 Å². The van der Waals surface area contributed by atoms with Gasteiger partial charge in [-0.1, -0.05) is 19.3 Å². The van der Waals surface area contributed by atoms with Gasteiger partial charge in [-0.3, -0.25) is 4.79 Å². The molecule has 3 nitrogen and oxygen atoms in total. The number of nitrogens with zero attached hydrogens (tertiary/aromatic N) is 2. The van der Waals surface area contributed by atoms with Crippen LogP contribution in [0.4, 0.5) is 0 Å². The standard InChI is InChI=1S/C16H20N2OS2/c1-10-16(21-11(2)17-10)13-9-20-15(18-13)8-14(19)12-6-4-3-5-7-12/h9,12H,3-8H2,1-2H3. The summed E-state index contributed by atoms with van der Waals surface area (Å²) in [7, 11) is 0. The van der Waals surface area contributed by atoms with E-state index in [1.807, 2.05) is 13.8 Å². The number of hydrogen-bond donors (Lipinski definition) is 0. The number of rotatable bonds is 4. The molecule has 0 spiro atoms. The van der Waals surface area contributed by atoms with E-state index in [9.17, 15) is 4.79 Å². The van der Waals surface area contributed by atoms with Crippen LogP contribution in [-0.2, 0) is 11.2 Å². The predicted octanol–water partition coefficient (Wildman–Crippen LogP) is 4.58. The van der Waals surface area contributed by atoms with Crippen LogP contribution >= 0.6 is 22.7 Å². The number of thiazole rings is 2. The molecule has 0 aliphatic heterocycles. The van der Waals surface area contributed by atoms with Gasteiger partial charge in [0.2, 0.25) is 0 Å². The molecule has 2 heterocycles. The first-order valence-corrected chi connectivity index (χ1v) is 9.24. The van der Waals surface area contributed by atoms with Crippen molar-refractivity contribution >= 4 is 28.5 Å². The van der Waals surface area contributed by atoms with Gasteiger partial charge >= 0.3 is 0 Å². The molecule has 21 heavy (non-hydrogen) atoms. The number of carbonyl (C=O) groups excluding carboxylic acids is 1. The topological polar surface area (TPSA) is 42.9 Å². The molecule has 3 rings (SSSR count). The fourth-order valence-electron chi connectivity index (χ4n) is 2.98. The summed E-state index contributed by atoms with van der Waals surface area (Å²) in [4.78, 5) is 22.6. The van der Waals surface area contributed by atoms with Gasteiger partial charge in [-0.25, -0.2) is 9.97 Å². The molecule has 0 bridgehead atoms. The largest absolute Gasteiger partial charge is 0.299 e. The van der Waals surface area contributed by atoms with E-state index in [-0.39, 0.29) is 5.92 Å². The Morgan fingerprint density at radius 3 is 2.67 bits per heavy atom. The summed E-state index contributed by atoms with van der Waals surface area (Å²) in [6, 6.07) is 0. The fourth-order valence-corrected chi connectivity index (χ4v) is 4.73. The Morgan fingerprint density at radius 2 is 2.00 bits per heavy atom. The molecule has 1 aliphatic rings. The van der Waals surface area contributed by atoms with E-state index in [2.05, 4.69) is 15.3 Å². The average molecular weight is 320 g/mol. The van der Waals surface area contributed by atoms with Crippen molar-refractivity contribution in [2.24, 2.45) is 5.92 Å². The molecular formula is C16H20N2OS2. The summed E-state index contributed by atoms with van der Waals surface area (Å²) in [5, 5.41) is 4.07. The summed E-state index contributed by atoms with van der Waals surface area (Å²) in [6.45, 7) is 4.03. The van der Waals surface area contributed by atoms with E-state index < -0.39 is 0 Å². The van der Waals surface area contributed by atoms with E-state index in [1.165, 1.54) is 19.3 Å². The van der Waals surface area contributed by atoms with E-state index in [0.717, 1.165) is 39.1 Å². The van der Waals surface area contributed by atoms with Crippen molar-refractivity contribution in [1.29, 1.82) is 0 Å². The van der Waals surface area contributed by atoms with Gasteiger partial charge in [0.1, 0.15) is 10.8 Å². The van der Waals surface area contributed by atoms with Gasteiger partial charge in [-0.15, -0.1) is 22.7 Å². The SMILES string of the molecule is Cc1nc(C)c(-c2csc(CC(=O)C3CCCCC3)n2)s1. The Balaban J connectivity index is 1.70. The van der Waals surface area contributed by atoms with Crippen molar-refractivity contribution in [3.8, 4) is 10.6 Å². The summed E-state index contributed by atoms with van der Waals surface area (Å²) < 4.78 is 0. The highest BCUT2D eigenvalue weighted by molar-refractivity contribution is 7.16. The molecule has 0 unspecified atom stereocenters. The Morgan fingerprint density at radius 1 is 1.24 bits per heavy atom. The van der Waals surface area contributed by atoms with E-state index in [0.29, 0.717) is 12.2 Å². The van der Waals surface area contributed by atoms with Crippen LogP contribution in [0.3, 0.4) is 0 Å². The maximum absolute atomic E-state index is 12.3. The molecule has 1 aliphatic carbocycles. The van der Waals surface area contributed by atoms with Crippen molar-refractivity contribution in [3.63, 3.8) is 0 Å². The molecule has 0 N–H and O–H groups in total. The van der Waals surface area contributed by atoms with Gasteiger partial charge in [-0.05, 0) is 26.7 Å². The second kappa shape index (κ2) is 6.36. The maximum atomic E-state index is 12.3. The second-order valence-corrected chi connectivity index (χ2v) is 7.90. The summed E-state index contributed by atoms with van der Waals surface area (Å²) in [5.74, 6) is 0.659. The Labute approximate surface area is 133 Å². The summed E-state index contributed by atoms with van der Waals surface area (Å²) in [6.07, 6.45) is 6.35. The van der Waals surface area contributed by atoms with Crippen molar-refractivity contribution < 1.29 is 4.79 Å². The van der Waals surface area contributed by atoms with Crippen LogP contribution in [0.2, 0.25) is 0 Å². The van der Waals surface area contributed by atoms with Crippen LogP contribution in [-0.4, -0.2) is 15.8 Å². The zero-order valence-electron chi connectivity index (χ0n) is 12.5. The van der Waals surface area contributed by atoms with Crippen molar-refractivity contribution in [1.82, 2.24) is 9.97 Å². The quantitative estimate of drug-likeness (QED) is 0.828. The summed E-state index contributed by atoms with van der Waals surface area (Å²) in [5.41, 5.74) is 2.02. The van der Waals surface area contributed by atoms with Gasteiger partial charge in [-0.2, -0.15) is 0 Å². The molecule has 0 atom stereocenters. The first kappa shape index (κ1) is 14.9. The lowest BCUT2D eigenvalue weighted by Crippen LogP contribution is -2.19. The fraction of sp³-hybridized carbons (Fsp3) is 0.562. The Kier molecular flexibility index (Phi) is 4.50. The van der Waals surface area contributed by atoms with E-state index >= 15 is 0 Å². The lowest BCUT2D eigenvalue weighted by Gasteiger charge is -2.19. The lowest BCUT2D eigenvalue weighted by atomic mass is 9.85. The van der Waals surface area contributed by atoms with Crippen LogP contribution in [0.15, 0.2) is 5.38 Å². The molecule has 112 valence electrons. The maximum Gasteiger partial charge on any atom is 0.142 e. The monoisotopic (exact) mass is 320 g/mol. The van der Waals surface area contributed by atoms with Crippen LogP contribution < -0.4 is 0 Å². The molecular weight excluding hydrogens is 300 g/mol. The number of carbonyl (C=O) groups is 1. The summed E-state index contributed by atoms with van der Waals surface area (Å²) >= 11 is 3.28. The molecule has 2 aromatic heterocycles. The predicted molar refractivity (Wildman–Crippen MR) is 88.0 cm³/mol. The molecule has 2 aromatic rings. The zero-order chi connectivity index (χ0) is 14.8. The Bertz CT molecular complexity index is 638. The number of aryl methyl sites for hydroxylation is 2. The molecule has 1 fully saturated rings. The molecule has 0 amide bonds. The minimum atomic E-state index is 0.276. The van der Waals surface area contributed by atoms with Gasteiger partial charge in [0.25, 0.3) is 0 Å². The number of hydrogen-bond acceptors (Lipinski definition) is 5. The van der Waals surface area contributed by atoms with Crippen LogP contribution in [0, 0.1) is 19.8 Å². The van der Waals surface area contributed by atoms with E-state index in [4.69, 9.17) is 0 Å². The van der Waals surface area contributed by atoms with Crippen molar-refractivity contribution in [2.75, 3.05) is 0 Å². The molecule has 0 aromatic carbocycles. The van der Waals surface area contributed by atoms with Crippen LogP contribution in [0.25, 0.3) is 10.6 Å². The molecule has 5 heteroatoms.